The molecule has 4 heterocycles. The van der Waals surface area contributed by atoms with E-state index in [1.807, 2.05) is 30.6 Å². The van der Waals surface area contributed by atoms with Gasteiger partial charge in [-0.25, -0.2) is 14.4 Å². The lowest BCUT2D eigenvalue weighted by Crippen LogP contribution is -2.33. The molecule has 20 heteroatoms. The first-order chi connectivity index (χ1) is 20.1. The second-order valence-electron chi connectivity index (χ2n) is 8.86. The third kappa shape index (κ3) is 14.3. The van der Waals surface area contributed by atoms with Crippen molar-refractivity contribution in [1.82, 2.24) is 14.9 Å². The third-order valence-corrected chi connectivity index (χ3v) is 5.36. The zero-order valence-electron chi connectivity index (χ0n) is 22.1. The normalized spacial score (nSPS) is 19.8. The molecule has 4 rings (SSSR count). The van der Waals surface area contributed by atoms with Gasteiger partial charge < -0.3 is 24.8 Å². The number of ether oxygens (including phenoxy) is 2. The Balaban J connectivity index is 0.000000379. The molecule has 2 aromatic heterocycles. The number of aromatic nitrogens is 2. The van der Waals surface area contributed by atoms with Crippen molar-refractivity contribution in [2.75, 3.05) is 19.7 Å². The molecule has 2 saturated heterocycles. The molecule has 0 aliphatic carbocycles. The molecule has 1 spiro atoms. The van der Waals surface area contributed by atoms with Crippen LogP contribution in [0.15, 0.2) is 49.1 Å². The molecule has 0 saturated carbocycles. The third-order valence-electron chi connectivity index (χ3n) is 5.36. The van der Waals surface area contributed by atoms with Gasteiger partial charge in [0.05, 0.1) is 18.4 Å². The second-order valence-corrected chi connectivity index (χ2v) is 8.86. The van der Waals surface area contributed by atoms with Crippen molar-refractivity contribution < 1.29 is 78.7 Å². The number of hydrogen-bond donors (Lipinski definition) is 3. The summed E-state index contributed by atoms with van der Waals surface area (Å²) in [5, 5.41) is 21.4. The Hall–Kier alpha value is -4.20. The van der Waals surface area contributed by atoms with E-state index in [9.17, 15) is 39.5 Å². The van der Waals surface area contributed by atoms with Gasteiger partial charge in [0, 0.05) is 44.6 Å². The fourth-order valence-corrected chi connectivity index (χ4v) is 3.58. The lowest BCUT2D eigenvalue weighted by atomic mass is 9.98. The van der Waals surface area contributed by atoms with Crippen molar-refractivity contribution in [3.63, 3.8) is 0 Å². The highest BCUT2D eigenvalue weighted by atomic mass is 19.4. The van der Waals surface area contributed by atoms with Crippen molar-refractivity contribution in [2.24, 2.45) is 0 Å². The summed E-state index contributed by atoms with van der Waals surface area (Å²) in [5.74, 6) is -7.45. The van der Waals surface area contributed by atoms with Crippen LogP contribution in [0.3, 0.4) is 0 Å². The first-order valence-electron chi connectivity index (χ1n) is 11.9. The van der Waals surface area contributed by atoms with E-state index in [0.29, 0.717) is 6.61 Å². The SMILES string of the molecule is O=C(O)C(F)(F)F.O=C(O)C(F)(F)F.O=C(O)C(F)(F)F.c1cncc(CN2CC[C@]3(C[C@@H](Oc4cccnc4)CO3)C2)c1. The maximum Gasteiger partial charge on any atom is 0.490 e. The number of carboxylic acid groups (broad SMARTS) is 3. The quantitative estimate of drug-likeness (QED) is 0.406. The number of rotatable bonds is 4. The summed E-state index contributed by atoms with van der Waals surface area (Å²) in [6.45, 7) is 3.63. The first kappa shape index (κ1) is 37.8. The molecule has 2 aliphatic heterocycles. The Labute approximate surface area is 241 Å². The largest absolute Gasteiger partial charge is 0.490 e. The fraction of sp³-hybridized carbons (Fsp3) is 0.458. The van der Waals surface area contributed by atoms with Crippen LogP contribution in [-0.2, 0) is 25.7 Å². The average Bonchev–Trinajstić information content (AvgIpc) is 3.49. The fourth-order valence-electron chi connectivity index (χ4n) is 3.58. The van der Waals surface area contributed by atoms with Crippen molar-refractivity contribution in [3.05, 3.63) is 54.6 Å². The Kier molecular flexibility index (Phi) is 13.8. The summed E-state index contributed by atoms with van der Waals surface area (Å²) in [6.07, 6.45) is -5.84. The van der Waals surface area contributed by atoms with Crippen LogP contribution in [0.25, 0.3) is 0 Å². The van der Waals surface area contributed by atoms with Crippen LogP contribution in [0.2, 0.25) is 0 Å². The molecular formula is C24H24F9N3O8. The molecule has 11 nitrogen and oxygen atoms in total. The Morgan fingerprint density at radius 1 is 0.864 bits per heavy atom. The van der Waals surface area contributed by atoms with E-state index in [0.717, 1.165) is 38.2 Å². The van der Waals surface area contributed by atoms with Crippen molar-refractivity contribution in [2.45, 2.75) is 49.6 Å². The van der Waals surface area contributed by atoms with Crippen molar-refractivity contribution in [1.29, 1.82) is 0 Å². The number of hydrogen-bond acceptors (Lipinski definition) is 8. The van der Waals surface area contributed by atoms with E-state index < -0.39 is 36.4 Å². The summed E-state index contributed by atoms with van der Waals surface area (Å²) in [4.78, 5) is 37.4. The molecule has 0 bridgehead atoms. The van der Waals surface area contributed by atoms with E-state index in [4.69, 9.17) is 39.2 Å². The van der Waals surface area contributed by atoms with E-state index in [1.165, 1.54) is 5.56 Å². The lowest BCUT2D eigenvalue weighted by molar-refractivity contribution is -0.193. The van der Waals surface area contributed by atoms with Crippen molar-refractivity contribution in [3.8, 4) is 5.75 Å². The maximum atomic E-state index is 10.6. The molecule has 44 heavy (non-hydrogen) atoms. The monoisotopic (exact) mass is 653 g/mol. The van der Waals surface area contributed by atoms with Gasteiger partial charge in [0.2, 0.25) is 0 Å². The van der Waals surface area contributed by atoms with Crippen LogP contribution >= 0.6 is 0 Å². The highest BCUT2D eigenvalue weighted by molar-refractivity contribution is 5.73. The zero-order chi connectivity index (χ0) is 33.8. The van der Waals surface area contributed by atoms with E-state index in [2.05, 4.69) is 20.9 Å². The van der Waals surface area contributed by atoms with Crippen LogP contribution in [0.1, 0.15) is 18.4 Å². The second kappa shape index (κ2) is 16.0. The van der Waals surface area contributed by atoms with Gasteiger partial charge in [-0.2, -0.15) is 39.5 Å². The Morgan fingerprint density at radius 3 is 1.75 bits per heavy atom. The van der Waals surface area contributed by atoms with Crippen LogP contribution in [-0.4, -0.2) is 98.0 Å². The molecule has 3 N–H and O–H groups in total. The molecule has 2 fully saturated rings. The van der Waals surface area contributed by atoms with E-state index in [-0.39, 0.29) is 11.7 Å². The lowest BCUT2D eigenvalue weighted by Gasteiger charge is -2.23. The number of aliphatic carboxylic acids is 3. The molecule has 246 valence electrons. The predicted octanol–water partition coefficient (Wildman–Crippen LogP) is 4.19. The average molecular weight is 653 g/mol. The molecule has 0 radical (unpaired) electrons. The van der Waals surface area contributed by atoms with Gasteiger partial charge in [0.25, 0.3) is 0 Å². The number of alkyl halides is 9. The van der Waals surface area contributed by atoms with Crippen molar-refractivity contribution >= 4 is 17.9 Å². The van der Waals surface area contributed by atoms with Gasteiger partial charge >= 0.3 is 36.4 Å². The standard InChI is InChI=1S/C18H21N3O2.3C2HF3O2/c1-3-15(10-19-6-1)12-21-8-5-18(14-21)9-17(13-22-18)23-16-4-2-7-20-11-16;3*3-2(4,5)1(6)7/h1-4,6-7,10-11,17H,5,8-9,12-14H2;3*(H,6,7)/t17-,18+;;;/m1.../s1. The molecule has 0 aromatic carbocycles. The van der Waals surface area contributed by atoms with Crippen LogP contribution < -0.4 is 4.74 Å². The highest BCUT2D eigenvalue weighted by Gasteiger charge is 2.46. The summed E-state index contributed by atoms with van der Waals surface area (Å²) < 4.78 is 107. The number of carboxylic acids is 3. The predicted molar refractivity (Wildman–Crippen MR) is 127 cm³/mol. The molecule has 2 aliphatic rings. The van der Waals surface area contributed by atoms with E-state index >= 15 is 0 Å². The summed E-state index contributed by atoms with van der Waals surface area (Å²) in [5.41, 5.74) is 1.21. The Bertz CT molecular complexity index is 1080. The number of pyridine rings is 2. The van der Waals surface area contributed by atoms with Gasteiger partial charge in [-0.1, -0.05) is 6.07 Å². The zero-order valence-corrected chi connectivity index (χ0v) is 22.1. The van der Waals surface area contributed by atoms with Gasteiger partial charge in [0.1, 0.15) is 11.9 Å². The minimum Gasteiger partial charge on any atom is -0.486 e. The Morgan fingerprint density at radius 2 is 1.34 bits per heavy atom. The topological polar surface area (TPSA) is 159 Å². The number of carbonyl (C=O) groups is 3. The molecule has 0 unspecified atom stereocenters. The first-order valence-corrected chi connectivity index (χ1v) is 11.9. The summed E-state index contributed by atoms with van der Waals surface area (Å²) in [6, 6.07) is 7.96. The maximum absolute atomic E-state index is 10.6. The number of halogens is 9. The number of nitrogens with zero attached hydrogens (tertiary/aromatic N) is 3. The summed E-state index contributed by atoms with van der Waals surface area (Å²) in [7, 11) is 0. The van der Waals surface area contributed by atoms with Gasteiger partial charge in [-0.3, -0.25) is 14.9 Å². The van der Waals surface area contributed by atoms with E-state index in [1.54, 1.807) is 12.4 Å². The van der Waals surface area contributed by atoms with Crippen LogP contribution in [0.4, 0.5) is 39.5 Å². The minimum atomic E-state index is -5.08. The number of likely N-dealkylation sites (tertiary alicyclic amines) is 1. The molecule has 2 atom stereocenters. The van der Waals surface area contributed by atoms with Gasteiger partial charge in [0.15, 0.2) is 0 Å². The molecule has 0 amide bonds. The summed E-state index contributed by atoms with van der Waals surface area (Å²) >= 11 is 0. The molecule has 2 aromatic rings. The van der Waals surface area contributed by atoms with Gasteiger partial charge in [-0.15, -0.1) is 0 Å². The van der Waals surface area contributed by atoms with Gasteiger partial charge in [-0.05, 0) is 30.2 Å². The van der Waals surface area contributed by atoms with Crippen LogP contribution in [0.5, 0.6) is 5.75 Å². The molecular weight excluding hydrogens is 629 g/mol. The highest BCUT2D eigenvalue weighted by Crippen LogP contribution is 2.37. The minimum absolute atomic E-state index is 0.0465. The van der Waals surface area contributed by atoms with Crippen LogP contribution in [0, 0.1) is 0 Å². The smallest absolute Gasteiger partial charge is 0.486 e.